The van der Waals surface area contributed by atoms with Crippen LogP contribution in [0.25, 0.3) is 191 Å². The summed E-state index contributed by atoms with van der Waals surface area (Å²) in [6, 6.07) is 165. The Hall–Kier alpha value is -16.5. The number of para-hydroxylation sites is 6. The number of hydrogen-bond donors (Lipinski definition) is 0. The van der Waals surface area contributed by atoms with E-state index < -0.39 is 21.4 Å². The molecule has 634 valence electrons. The number of hydrogen-bond acceptors (Lipinski definition) is 6. The molecule has 0 amide bonds. The summed E-state index contributed by atoms with van der Waals surface area (Å²) < 4.78 is 54.8. The quantitative estimate of drug-likeness (QED) is 0.0768. The molecule has 12 heteroatoms. The van der Waals surface area contributed by atoms with Gasteiger partial charge in [-0.25, -0.2) is 15.0 Å². The highest BCUT2D eigenvalue weighted by Crippen LogP contribution is 2.51. The highest BCUT2D eigenvalue weighted by Gasteiger charge is 2.37. The van der Waals surface area contributed by atoms with Gasteiger partial charge in [-0.3, -0.25) is 13.2 Å². The van der Waals surface area contributed by atoms with Crippen molar-refractivity contribution >= 4 is 249 Å². The fourth-order valence-electron chi connectivity index (χ4n) is 21.2. The number of aromatic nitrogens is 6. The number of pyridine rings is 3. The van der Waals surface area contributed by atoms with Crippen LogP contribution in [0, 0.1) is 0 Å². The molecule has 28 rings (SSSR count). The Labute approximate surface area is 775 Å². The van der Waals surface area contributed by atoms with Crippen LogP contribution in [-0.4, -0.2) is 28.2 Å². The minimum absolute atomic E-state index is 0.790. The molecule has 28 aromatic rings. The number of imidazole rings is 3. The highest BCUT2D eigenvalue weighted by molar-refractivity contribution is 7.86. The average Bonchev–Trinajstić information content (AvgIpc) is 1.63. The summed E-state index contributed by atoms with van der Waals surface area (Å²) in [4.78, 5) is 15.5. The molecule has 22 aromatic carbocycles. The van der Waals surface area contributed by atoms with E-state index in [-0.39, 0.29) is 0 Å². The van der Waals surface area contributed by atoms with Crippen molar-refractivity contribution in [3.05, 3.63) is 479 Å². The minimum atomic E-state index is -3.39. The molecule has 0 aliphatic carbocycles. The second-order valence-electron chi connectivity index (χ2n) is 35.0. The van der Waals surface area contributed by atoms with E-state index in [1.165, 1.54) is 32.3 Å². The van der Waals surface area contributed by atoms with Gasteiger partial charge in [-0.2, -0.15) is 0 Å². The lowest BCUT2D eigenvalue weighted by atomic mass is 9.99. The molecule has 3 unspecified atom stereocenters. The van der Waals surface area contributed by atoms with Crippen LogP contribution in [0.15, 0.2) is 479 Å². The second-order valence-corrected chi connectivity index (χ2v) is 43.2. The third-order valence-electron chi connectivity index (χ3n) is 27.6. The summed E-state index contributed by atoms with van der Waals surface area (Å²) >= 11 is 0. The highest BCUT2D eigenvalue weighted by atomic mass is 31.2. The lowest BCUT2D eigenvalue weighted by molar-refractivity contribution is 0.591. The van der Waals surface area contributed by atoms with Gasteiger partial charge in [-0.15, -0.1) is 0 Å². The van der Waals surface area contributed by atoms with E-state index in [9.17, 15) is 0 Å². The van der Waals surface area contributed by atoms with E-state index in [0.29, 0.717) is 0 Å². The molecule has 0 spiro atoms. The van der Waals surface area contributed by atoms with E-state index >= 15 is 13.7 Å². The molecular weight excluding hydrogens is 1700 g/mol. The third kappa shape index (κ3) is 12.6. The van der Waals surface area contributed by atoms with Crippen molar-refractivity contribution in [2.24, 2.45) is 0 Å². The smallest absolute Gasteiger partial charge is 0.173 e. The molecule has 6 heterocycles. The zero-order valence-electron chi connectivity index (χ0n) is 72.9. The molecule has 0 aliphatic heterocycles. The lowest BCUT2D eigenvalue weighted by Gasteiger charge is -2.23. The summed E-state index contributed by atoms with van der Waals surface area (Å²) in [5.41, 5.74) is 13.7. The van der Waals surface area contributed by atoms with Crippen LogP contribution >= 0.6 is 21.4 Å². The largest absolute Gasteiger partial charge is 0.309 e. The second kappa shape index (κ2) is 31.6. The molecule has 0 N–H and O–H groups in total. The maximum Gasteiger partial charge on any atom is 0.173 e. The van der Waals surface area contributed by atoms with E-state index in [4.69, 9.17) is 15.0 Å². The molecule has 0 saturated heterocycles. The zero-order chi connectivity index (χ0) is 89.6. The summed E-state index contributed by atoms with van der Waals surface area (Å²) in [5.74, 6) is 0. The number of rotatable bonds is 10. The van der Waals surface area contributed by atoms with Gasteiger partial charge in [-0.1, -0.05) is 382 Å². The number of benzene rings is 22. The molecule has 9 nitrogen and oxygen atoms in total. The number of nitrogens with zero attached hydrogens (tertiary/aromatic N) is 6. The van der Waals surface area contributed by atoms with Gasteiger partial charge in [0.05, 0.1) is 49.7 Å². The zero-order valence-corrected chi connectivity index (χ0v) is 75.5. The summed E-state index contributed by atoms with van der Waals surface area (Å²) in [7, 11) is -9.99. The standard InChI is InChI=1S/C43H27N2OP.C41H27N2OP.C39H25N2OP/c46-47(32-22-20-28-10-1-2-13-31(28)26-32,41-19-9-14-29-11-3-5-15-34(29)41)33-23-25-36-40(27-33)45-39-18-8-7-17-38(39)44-43(45)37-24-21-30-12-4-6-16-35(30)42(36)37;44-45(32-15-5-2-6-16-32,33-21-19-29(20-22-33)28-11-3-1-4-12-28)34-23-24-38-40(27-34)43-39-18-10-9-17-35(39)36-25-30-13-7-8-14-31(30)26-37(36)41(43)42-38;42-43(29-14-2-1-3-15-29,30-23-21-26-11-4-5-13-28(26)25-30)36-20-10-17-32-37-31-16-7-6-12-27(31)22-24-33(37)39-40-34-18-8-9-19-35(34)41(39)38(32)36/h1-27H;1-27H;1-25H. The monoisotopic (exact) mass is 1780 g/mol. The van der Waals surface area contributed by atoms with Crippen molar-refractivity contribution in [1.29, 1.82) is 0 Å². The normalized spacial score (nSPS) is 13.3. The van der Waals surface area contributed by atoms with Crippen molar-refractivity contribution < 1.29 is 13.7 Å². The Morgan fingerprint density at radius 1 is 0.170 bits per heavy atom. The van der Waals surface area contributed by atoms with Crippen LogP contribution in [0.2, 0.25) is 0 Å². The van der Waals surface area contributed by atoms with Crippen molar-refractivity contribution in [2.75, 3.05) is 0 Å². The fourth-order valence-corrected chi connectivity index (χ4v) is 29.6. The van der Waals surface area contributed by atoms with Crippen LogP contribution in [0.1, 0.15) is 0 Å². The van der Waals surface area contributed by atoms with Gasteiger partial charge in [0.1, 0.15) is 16.9 Å². The van der Waals surface area contributed by atoms with Gasteiger partial charge in [0, 0.05) is 90.8 Å². The predicted molar refractivity (Wildman–Crippen MR) is 572 cm³/mol. The van der Waals surface area contributed by atoms with E-state index in [2.05, 4.69) is 335 Å². The van der Waals surface area contributed by atoms with E-state index in [1.807, 2.05) is 158 Å². The molecular formula is C123H79N6O3P3. The lowest BCUT2D eigenvalue weighted by Crippen LogP contribution is -2.26. The maximum absolute atomic E-state index is 16.3. The Morgan fingerprint density at radius 2 is 0.519 bits per heavy atom. The topological polar surface area (TPSA) is 103 Å². The van der Waals surface area contributed by atoms with Gasteiger partial charge < -0.3 is 13.7 Å². The first-order chi connectivity index (χ1) is 66.6. The van der Waals surface area contributed by atoms with Crippen LogP contribution in [0.4, 0.5) is 0 Å². The van der Waals surface area contributed by atoms with Crippen molar-refractivity contribution in [2.45, 2.75) is 0 Å². The van der Waals surface area contributed by atoms with Crippen molar-refractivity contribution in [3.63, 3.8) is 0 Å². The van der Waals surface area contributed by atoms with Gasteiger partial charge >= 0.3 is 0 Å². The predicted octanol–water partition coefficient (Wildman–Crippen LogP) is 27.9. The Kier molecular flexibility index (Phi) is 18.6. The Bertz CT molecular complexity index is 9970. The average molecular weight is 1780 g/mol. The van der Waals surface area contributed by atoms with Crippen LogP contribution in [-0.2, 0) is 13.7 Å². The van der Waals surface area contributed by atoms with Crippen molar-refractivity contribution in [1.82, 2.24) is 28.2 Å². The Balaban J connectivity index is 0.000000105. The van der Waals surface area contributed by atoms with Gasteiger partial charge in [0.25, 0.3) is 0 Å². The van der Waals surface area contributed by atoms with Crippen LogP contribution in [0.3, 0.4) is 0 Å². The maximum atomic E-state index is 16.3. The number of fused-ring (bicyclic) bond motifs is 32. The SMILES string of the molecule is O=P(c1ccc2ccccc2c1)(c1ccc2c3c4ccccc4ccc3c3nc4ccccc4n3c2c1)c1cccc2ccccc12.O=P(c1ccccc1)(c1ccc(-c2ccccc2)cc1)c1ccc2nc3c4cc5ccccc5cc4c4ccccc4n3c2c1.O=P(c1ccccc1)(c1ccc2ccccc2c1)c1cccc2c3c4ccccc4ccc3c3nc4ccccc4n3c12. The first-order valence-electron chi connectivity index (χ1n) is 45.6. The van der Waals surface area contributed by atoms with Gasteiger partial charge in [-0.05, 0) is 178 Å². The fraction of sp³-hybridized carbons (Fsp3) is 0. The molecule has 0 saturated carbocycles. The van der Waals surface area contributed by atoms with Crippen LogP contribution in [0.5, 0.6) is 0 Å². The first-order valence-corrected chi connectivity index (χ1v) is 50.7. The summed E-state index contributed by atoms with van der Waals surface area (Å²) in [6.07, 6.45) is 0. The molecule has 0 radical (unpaired) electrons. The summed E-state index contributed by atoms with van der Waals surface area (Å²) in [5, 5.41) is 31.0. The minimum Gasteiger partial charge on any atom is -0.309 e. The van der Waals surface area contributed by atoms with E-state index in [1.54, 1.807) is 0 Å². The van der Waals surface area contributed by atoms with Gasteiger partial charge in [0.2, 0.25) is 0 Å². The van der Waals surface area contributed by atoms with Gasteiger partial charge in [0.15, 0.2) is 21.4 Å². The molecule has 0 aliphatic rings. The molecule has 3 atom stereocenters. The molecule has 0 fully saturated rings. The van der Waals surface area contributed by atoms with Crippen LogP contribution < -0.4 is 47.7 Å². The van der Waals surface area contributed by atoms with Crippen molar-refractivity contribution in [3.8, 4) is 11.1 Å². The third-order valence-corrected chi connectivity index (χ3v) is 36.8. The first kappa shape index (κ1) is 79.4. The molecule has 135 heavy (non-hydrogen) atoms. The Morgan fingerprint density at radius 3 is 1.13 bits per heavy atom. The molecule has 6 aromatic heterocycles. The summed E-state index contributed by atoms with van der Waals surface area (Å²) in [6.45, 7) is 0. The van der Waals surface area contributed by atoms with E-state index in [0.717, 1.165) is 206 Å². The molecule has 0 bridgehead atoms.